The summed E-state index contributed by atoms with van der Waals surface area (Å²) in [6, 6.07) is 7.47. The van der Waals surface area contributed by atoms with Gasteiger partial charge >= 0.3 is 5.97 Å². The Morgan fingerprint density at radius 2 is 2.11 bits per heavy atom. The summed E-state index contributed by atoms with van der Waals surface area (Å²) in [4.78, 5) is 26.2. The van der Waals surface area contributed by atoms with E-state index in [1.54, 1.807) is 20.1 Å². The third kappa shape index (κ3) is 4.44. The zero-order chi connectivity index (χ0) is 20.1. The highest BCUT2D eigenvalue weighted by molar-refractivity contribution is 7.17. The number of rotatable bonds is 6. The molecule has 2 aromatic rings. The minimum Gasteiger partial charge on any atom is -0.496 e. The number of hydrogen-bond acceptors (Lipinski definition) is 5. The van der Waals surface area contributed by atoms with Gasteiger partial charge in [-0.3, -0.25) is 4.79 Å². The molecule has 0 saturated heterocycles. The normalized spacial score (nSPS) is 15.9. The Morgan fingerprint density at radius 1 is 1.32 bits per heavy atom. The Bertz CT molecular complexity index is 900. The molecule has 0 saturated carbocycles. The fourth-order valence-electron chi connectivity index (χ4n) is 3.38. The van der Waals surface area contributed by atoms with Crippen LogP contribution in [-0.4, -0.2) is 25.6 Å². The third-order valence-corrected chi connectivity index (χ3v) is 5.95. The van der Waals surface area contributed by atoms with Crippen molar-refractivity contribution in [3.8, 4) is 5.75 Å². The molecule has 3 rings (SSSR count). The van der Waals surface area contributed by atoms with Crippen molar-refractivity contribution in [2.75, 3.05) is 19.0 Å². The molecule has 1 unspecified atom stereocenters. The molecular weight excluding hydrogens is 374 g/mol. The number of fused-ring (bicyclic) bond motifs is 1. The van der Waals surface area contributed by atoms with Gasteiger partial charge in [0.05, 0.1) is 19.3 Å². The molecule has 1 aromatic heterocycles. The van der Waals surface area contributed by atoms with Gasteiger partial charge in [0.15, 0.2) is 0 Å². The largest absolute Gasteiger partial charge is 0.496 e. The number of amides is 1. The smallest absolute Gasteiger partial charge is 0.341 e. The minimum absolute atomic E-state index is 0.289. The molecule has 1 heterocycles. The summed E-state index contributed by atoms with van der Waals surface area (Å²) in [5, 5.41) is 3.46. The molecule has 5 nitrogen and oxygen atoms in total. The van der Waals surface area contributed by atoms with Gasteiger partial charge in [-0.15, -0.1) is 11.3 Å². The fourth-order valence-corrected chi connectivity index (χ4v) is 4.78. The van der Waals surface area contributed by atoms with Crippen LogP contribution >= 0.6 is 11.3 Å². The highest BCUT2D eigenvalue weighted by Gasteiger charge is 2.28. The summed E-state index contributed by atoms with van der Waals surface area (Å²) in [5.74, 6) is 0.621. The van der Waals surface area contributed by atoms with Crippen molar-refractivity contribution < 1.29 is 19.1 Å². The number of methoxy groups -OCH3 is 1. The molecule has 28 heavy (non-hydrogen) atoms. The molecule has 1 aliphatic carbocycles. The minimum atomic E-state index is -0.362. The van der Waals surface area contributed by atoms with Crippen LogP contribution in [-0.2, 0) is 22.4 Å². The number of esters is 1. The zero-order valence-electron chi connectivity index (χ0n) is 16.4. The number of thiophene rings is 1. The van der Waals surface area contributed by atoms with Gasteiger partial charge in [-0.25, -0.2) is 4.79 Å². The number of hydrogen-bond donors (Lipinski definition) is 1. The van der Waals surface area contributed by atoms with Crippen molar-refractivity contribution in [1.29, 1.82) is 0 Å². The third-order valence-electron chi connectivity index (χ3n) is 4.78. The van der Waals surface area contributed by atoms with E-state index in [9.17, 15) is 9.59 Å². The Balaban J connectivity index is 1.84. The van der Waals surface area contributed by atoms with E-state index in [1.807, 2.05) is 24.3 Å². The van der Waals surface area contributed by atoms with E-state index in [1.165, 1.54) is 22.3 Å². The maximum Gasteiger partial charge on any atom is 0.341 e. The van der Waals surface area contributed by atoms with E-state index in [0.29, 0.717) is 28.8 Å². The maximum atomic E-state index is 12.5. The monoisotopic (exact) mass is 399 g/mol. The van der Waals surface area contributed by atoms with Crippen LogP contribution in [0.4, 0.5) is 5.00 Å². The van der Waals surface area contributed by atoms with E-state index in [4.69, 9.17) is 9.47 Å². The predicted octanol–water partition coefficient (Wildman–Crippen LogP) is 4.71. The van der Waals surface area contributed by atoms with Crippen LogP contribution in [0.25, 0.3) is 6.08 Å². The second-order valence-corrected chi connectivity index (χ2v) is 7.95. The number of benzene rings is 1. The van der Waals surface area contributed by atoms with Crippen molar-refractivity contribution in [1.82, 2.24) is 0 Å². The van der Waals surface area contributed by atoms with Crippen LogP contribution in [0.15, 0.2) is 30.3 Å². The molecule has 148 valence electrons. The van der Waals surface area contributed by atoms with E-state index < -0.39 is 0 Å². The van der Waals surface area contributed by atoms with Crippen LogP contribution in [0.1, 0.15) is 46.6 Å². The first-order valence-corrected chi connectivity index (χ1v) is 10.3. The van der Waals surface area contributed by atoms with Crippen molar-refractivity contribution >= 4 is 34.3 Å². The van der Waals surface area contributed by atoms with Gasteiger partial charge in [0, 0.05) is 16.5 Å². The topological polar surface area (TPSA) is 64.6 Å². The molecule has 0 aliphatic heterocycles. The molecule has 0 radical (unpaired) electrons. The number of para-hydroxylation sites is 1. The average molecular weight is 400 g/mol. The van der Waals surface area contributed by atoms with Crippen LogP contribution in [0.3, 0.4) is 0 Å². The van der Waals surface area contributed by atoms with Crippen LogP contribution in [0.2, 0.25) is 0 Å². The number of carbonyl (C=O) groups excluding carboxylic acids is 2. The summed E-state index contributed by atoms with van der Waals surface area (Å²) in [6.07, 6.45) is 5.96. The summed E-state index contributed by atoms with van der Waals surface area (Å²) in [6.45, 7) is 4.30. The Labute approximate surface area is 169 Å². The SMILES string of the molecule is CCOC(=O)c1c(NC(=O)C=Cc2ccccc2OC)sc2c1CCC(C)C2. The number of ether oxygens (including phenoxy) is 2. The number of anilines is 1. The Hall–Kier alpha value is -2.60. The second kappa shape index (κ2) is 9.06. The van der Waals surface area contributed by atoms with Crippen LogP contribution in [0.5, 0.6) is 5.75 Å². The van der Waals surface area contributed by atoms with Gasteiger partial charge in [0.1, 0.15) is 10.8 Å². The summed E-state index contributed by atoms with van der Waals surface area (Å²) in [7, 11) is 1.59. The molecule has 1 aliphatic rings. The number of nitrogens with one attached hydrogen (secondary N) is 1. The molecule has 0 fully saturated rings. The Kier molecular flexibility index (Phi) is 6.52. The van der Waals surface area contributed by atoms with E-state index in [-0.39, 0.29) is 11.9 Å². The standard InChI is InChI=1S/C22H25NO4S/c1-4-27-22(25)20-16-11-9-14(2)13-18(16)28-21(20)23-19(24)12-10-15-7-5-6-8-17(15)26-3/h5-8,10,12,14H,4,9,11,13H2,1-3H3,(H,23,24). The maximum absolute atomic E-state index is 12.5. The summed E-state index contributed by atoms with van der Waals surface area (Å²) in [5.41, 5.74) is 2.36. The molecular formula is C22H25NO4S. The predicted molar refractivity (Wildman–Crippen MR) is 112 cm³/mol. The molecule has 1 amide bonds. The van der Waals surface area contributed by atoms with E-state index in [2.05, 4.69) is 12.2 Å². The van der Waals surface area contributed by atoms with E-state index in [0.717, 1.165) is 30.4 Å². The molecule has 1 N–H and O–H groups in total. The first-order valence-electron chi connectivity index (χ1n) is 9.47. The molecule has 0 spiro atoms. The van der Waals surface area contributed by atoms with Gasteiger partial charge < -0.3 is 14.8 Å². The molecule has 1 atom stereocenters. The lowest BCUT2D eigenvalue weighted by Crippen LogP contribution is -2.15. The van der Waals surface area contributed by atoms with Gasteiger partial charge in [0.2, 0.25) is 5.91 Å². The first kappa shape index (κ1) is 20.1. The van der Waals surface area contributed by atoms with Crippen molar-refractivity contribution in [2.45, 2.75) is 33.1 Å². The number of carbonyl (C=O) groups is 2. The highest BCUT2D eigenvalue weighted by atomic mass is 32.1. The molecule has 1 aromatic carbocycles. The summed E-state index contributed by atoms with van der Waals surface area (Å²) < 4.78 is 10.5. The summed E-state index contributed by atoms with van der Waals surface area (Å²) >= 11 is 1.49. The average Bonchev–Trinajstić information content (AvgIpc) is 3.03. The zero-order valence-corrected chi connectivity index (χ0v) is 17.2. The highest BCUT2D eigenvalue weighted by Crippen LogP contribution is 2.40. The molecule has 6 heteroatoms. The van der Waals surface area contributed by atoms with Crippen LogP contribution in [0, 0.1) is 5.92 Å². The van der Waals surface area contributed by atoms with E-state index >= 15 is 0 Å². The Morgan fingerprint density at radius 3 is 2.86 bits per heavy atom. The lowest BCUT2D eigenvalue weighted by Gasteiger charge is -2.18. The van der Waals surface area contributed by atoms with Gasteiger partial charge in [0.25, 0.3) is 0 Å². The lowest BCUT2D eigenvalue weighted by atomic mass is 9.88. The van der Waals surface area contributed by atoms with Crippen molar-refractivity contribution in [3.05, 3.63) is 51.9 Å². The van der Waals surface area contributed by atoms with Crippen LogP contribution < -0.4 is 10.1 Å². The van der Waals surface area contributed by atoms with Crippen molar-refractivity contribution in [3.63, 3.8) is 0 Å². The first-order chi connectivity index (χ1) is 13.5. The van der Waals surface area contributed by atoms with Gasteiger partial charge in [-0.2, -0.15) is 0 Å². The second-order valence-electron chi connectivity index (χ2n) is 6.84. The van der Waals surface area contributed by atoms with Gasteiger partial charge in [-0.05, 0) is 49.8 Å². The fraction of sp³-hybridized carbons (Fsp3) is 0.364. The molecule has 0 bridgehead atoms. The van der Waals surface area contributed by atoms with Gasteiger partial charge in [-0.1, -0.05) is 25.1 Å². The lowest BCUT2D eigenvalue weighted by molar-refractivity contribution is -0.111. The van der Waals surface area contributed by atoms with Crippen molar-refractivity contribution in [2.24, 2.45) is 5.92 Å². The quantitative estimate of drug-likeness (QED) is 0.564.